The topological polar surface area (TPSA) is 12.0 Å². The fraction of sp³-hybridized carbons (Fsp3) is 0.286. The third kappa shape index (κ3) is 3.61. The van der Waals surface area contributed by atoms with Gasteiger partial charge in [0.05, 0.1) is 6.04 Å². The molecule has 0 radical (unpaired) electrons. The first-order chi connectivity index (χ1) is 9.02. The van der Waals surface area contributed by atoms with Crippen LogP contribution in [0.3, 0.4) is 0 Å². The standard InChI is InChI=1S/C14H14Br2ClNS/c1-3-18-14(13-7-12(16)8(2)19-13)10-6-9(17)4-5-11(10)15/h4-7,14,18H,3H2,1-2H3. The molecule has 1 nitrogen and oxygen atoms in total. The van der Waals surface area contributed by atoms with Gasteiger partial charge in [0.15, 0.2) is 0 Å². The molecule has 102 valence electrons. The Morgan fingerprint density at radius 2 is 2.00 bits per heavy atom. The van der Waals surface area contributed by atoms with Gasteiger partial charge in [-0.15, -0.1) is 11.3 Å². The summed E-state index contributed by atoms with van der Waals surface area (Å²) in [7, 11) is 0. The van der Waals surface area contributed by atoms with E-state index in [0.29, 0.717) is 0 Å². The monoisotopic (exact) mass is 421 g/mol. The first-order valence-electron chi connectivity index (χ1n) is 5.97. The molecule has 0 saturated carbocycles. The lowest BCUT2D eigenvalue weighted by atomic mass is 10.1. The molecule has 5 heteroatoms. The van der Waals surface area contributed by atoms with Crippen molar-refractivity contribution < 1.29 is 0 Å². The number of hydrogen-bond acceptors (Lipinski definition) is 2. The molecule has 1 unspecified atom stereocenters. The van der Waals surface area contributed by atoms with E-state index in [-0.39, 0.29) is 6.04 Å². The van der Waals surface area contributed by atoms with Gasteiger partial charge in [0, 0.05) is 23.7 Å². The van der Waals surface area contributed by atoms with Crippen LogP contribution in [0.5, 0.6) is 0 Å². The summed E-state index contributed by atoms with van der Waals surface area (Å²) in [4.78, 5) is 2.57. The minimum atomic E-state index is 0.160. The SMILES string of the molecule is CCNC(c1cc(Br)c(C)s1)c1cc(Cl)ccc1Br. The van der Waals surface area contributed by atoms with Gasteiger partial charge in [0.25, 0.3) is 0 Å². The molecule has 0 fully saturated rings. The van der Waals surface area contributed by atoms with E-state index in [1.807, 2.05) is 18.2 Å². The van der Waals surface area contributed by atoms with E-state index >= 15 is 0 Å². The smallest absolute Gasteiger partial charge is 0.0683 e. The second-order valence-electron chi connectivity index (χ2n) is 4.21. The van der Waals surface area contributed by atoms with Gasteiger partial charge in [0.2, 0.25) is 0 Å². The lowest BCUT2D eigenvalue weighted by Crippen LogP contribution is -2.21. The lowest BCUT2D eigenvalue weighted by molar-refractivity contribution is 0.637. The zero-order chi connectivity index (χ0) is 14.0. The first kappa shape index (κ1) is 15.5. The van der Waals surface area contributed by atoms with Crippen molar-refractivity contribution in [3.8, 4) is 0 Å². The van der Waals surface area contributed by atoms with E-state index in [1.54, 1.807) is 11.3 Å². The lowest BCUT2D eigenvalue weighted by Gasteiger charge is -2.18. The Kier molecular flexibility index (Phi) is 5.49. The maximum Gasteiger partial charge on any atom is 0.0683 e. The molecule has 2 aromatic rings. The molecule has 0 spiro atoms. The Hall–Kier alpha value is 0.130. The van der Waals surface area contributed by atoms with Crippen molar-refractivity contribution >= 4 is 54.8 Å². The van der Waals surface area contributed by atoms with Crippen LogP contribution in [0, 0.1) is 6.92 Å². The summed E-state index contributed by atoms with van der Waals surface area (Å²) in [6.45, 7) is 5.13. The molecule has 2 rings (SSSR count). The molecule has 19 heavy (non-hydrogen) atoms. The summed E-state index contributed by atoms with van der Waals surface area (Å²) in [6.07, 6.45) is 0. The zero-order valence-corrected chi connectivity index (χ0v) is 15.4. The fourth-order valence-corrected chi connectivity index (χ4v) is 4.24. The minimum Gasteiger partial charge on any atom is -0.306 e. The Morgan fingerprint density at radius 1 is 1.26 bits per heavy atom. The maximum atomic E-state index is 6.13. The van der Waals surface area contributed by atoms with Crippen molar-refractivity contribution in [1.29, 1.82) is 0 Å². The van der Waals surface area contributed by atoms with E-state index in [9.17, 15) is 0 Å². The number of benzene rings is 1. The van der Waals surface area contributed by atoms with E-state index in [1.165, 1.54) is 15.3 Å². The van der Waals surface area contributed by atoms with Crippen molar-refractivity contribution in [2.75, 3.05) is 6.54 Å². The number of nitrogens with one attached hydrogen (secondary N) is 1. The predicted octanol–water partition coefficient (Wildman–Crippen LogP) is 5.93. The summed E-state index contributed by atoms with van der Waals surface area (Å²) in [5.74, 6) is 0. The van der Waals surface area contributed by atoms with E-state index in [0.717, 1.165) is 20.5 Å². The summed E-state index contributed by atoms with van der Waals surface area (Å²) in [5.41, 5.74) is 1.17. The third-order valence-corrected chi connectivity index (χ3v) is 6.00. The summed E-state index contributed by atoms with van der Waals surface area (Å²) in [6, 6.07) is 8.25. The highest BCUT2D eigenvalue weighted by atomic mass is 79.9. The molecular formula is C14H14Br2ClNS. The van der Waals surface area contributed by atoms with Gasteiger partial charge in [-0.3, -0.25) is 0 Å². The van der Waals surface area contributed by atoms with Crippen LogP contribution in [-0.2, 0) is 0 Å². The van der Waals surface area contributed by atoms with Gasteiger partial charge in [-0.25, -0.2) is 0 Å². The first-order valence-corrected chi connectivity index (χ1v) is 8.75. The zero-order valence-electron chi connectivity index (χ0n) is 10.6. The van der Waals surface area contributed by atoms with Gasteiger partial charge in [-0.1, -0.05) is 34.5 Å². The number of halogens is 3. The molecule has 0 amide bonds. The summed E-state index contributed by atoms with van der Waals surface area (Å²) in [5, 5.41) is 4.28. The molecule has 0 bridgehead atoms. The Morgan fingerprint density at radius 3 is 2.58 bits per heavy atom. The number of hydrogen-bond donors (Lipinski definition) is 1. The molecule has 1 aromatic heterocycles. The van der Waals surface area contributed by atoms with Crippen LogP contribution in [0.15, 0.2) is 33.2 Å². The number of rotatable bonds is 4. The van der Waals surface area contributed by atoms with Crippen molar-refractivity contribution in [2.45, 2.75) is 19.9 Å². The van der Waals surface area contributed by atoms with Gasteiger partial charge in [0.1, 0.15) is 0 Å². The Bertz CT molecular complexity index is 563. The van der Waals surface area contributed by atoms with Crippen molar-refractivity contribution in [3.05, 3.63) is 53.6 Å². The fourth-order valence-electron chi connectivity index (χ4n) is 1.93. The van der Waals surface area contributed by atoms with Gasteiger partial charge >= 0.3 is 0 Å². The Labute approximate surface area is 139 Å². The summed E-state index contributed by atoms with van der Waals surface area (Å²) >= 11 is 15.1. The second-order valence-corrected chi connectivity index (χ2v) is 7.64. The van der Waals surface area contributed by atoms with Crippen molar-refractivity contribution in [1.82, 2.24) is 5.32 Å². The average molecular weight is 424 g/mol. The maximum absolute atomic E-state index is 6.13. The molecule has 0 aliphatic rings. The van der Waals surface area contributed by atoms with Gasteiger partial charge < -0.3 is 5.32 Å². The highest BCUT2D eigenvalue weighted by Gasteiger charge is 2.19. The normalized spacial score (nSPS) is 12.7. The van der Waals surface area contributed by atoms with Gasteiger partial charge in [-0.2, -0.15) is 0 Å². The largest absolute Gasteiger partial charge is 0.306 e. The van der Waals surface area contributed by atoms with E-state index in [4.69, 9.17) is 11.6 Å². The third-order valence-electron chi connectivity index (χ3n) is 2.84. The molecule has 1 aromatic carbocycles. The molecule has 1 heterocycles. The Balaban J connectivity index is 2.47. The van der Waals surface area contributed by atoms with Crippen LogP contribution in [0.25, 0.3) is 0 Å². The highest BCUT2D eigenvalue weighted by molar-refractivity contribution is 9.10. The van der Waals surface area contributed by atoms with Crippen LogP contribution >= 0.6 is 54.8 Å². The average Bonchev–Trinajstić information content (AvgIpc) is 2.70. The van der Waals surface area contributed by atoms with Gasteiger partial charge in [-0.05, 0) is 59.2 Å². The van der Waals surface area contributed by atoms with E-state index in [2.05, 4.69) is 57.1 Å². The van der Waals surface area contributed by atoms with E-state index < -0.39 is 0 Å². The number of thiophene rings is 1. The van der Waals surface area contributed by atoms with Crippen molar-refractivity contribution in [2.24, 2.45) is 0 Å². The molecule has 0 aliphatic heterocycles. The summed E-state index contributed by atoms with van der Waals surface area (Å²) < 4.78 is 2.23. The van der Waals surface area contributed by atoms with Crippen LogP contribution in [0.1, 0.15) is 28.3 Å². The molecule has 1 atom stereocenters. The van der Waals surface area contributed by atoms with Crippen LogP contribution in [-0.4, -0.2) is 6.54 Å². The quantitative estimate of drug-likeness (QED) is 0.642. The van der Waals surface area contributed by atoms with Crippen LogP contribution in [0.4, 0.5) is 0 Å². The second kappa shape index (κ2) is 6.72. The molecule has 0 aliphatic carbocycles. The highest BCUT2D eigenvalue weighted by Crippen LogP contribution is 2.37. The molecule has 1 N–H and O–H groups in total. The molecule has 0 saturated heterocycles. The van der Waals surface area contributed by atoms with Crippen LogP contribution < -0.4 is 5.32 Å². The molecular weight excluding hydrogens is 409 g/mol. The van der Waals surface area contributed by atoms with Crippen LogP contribution in [0.2, 0.25) is 5.02 Å². The minimum absolute atomic E-state index is 0.160. The van der Waals surface area contributed by atoms with Crippen molar-refractivity contribution in [3.63, 3.8) is 0 Å². The predicted molar refractivity (Wildman–Crippen MR) is 91.4 cm³/mol. The number of aryl methyl sites for hydroxylation is 1.